The highest BCUT2D eigenvalue weighted by Crippen LogP contribution is 2.65. The lowest BCUT2D eigenvalue weighted by Crippen LogP contribution is -2.61. The summed E-state index contributed by atoms with van der Waals surface area (Å²) in [4.78, 5) is 55.5. The van der Waals surface area contributed by atoms with Crippen molar-refractivity contribution in [2.75, 3.05) is 6.54 Å². The number of aromatic nitrogens is 1. The van der Waals surface area contributed by atoms with Crippen molar-refractivity contribution < 1.29 is 45.5 Å². The van der Waals surface area contributed by atoms with Crippen LogP contribution in [0.2, 0.25) is 0 Å². The zero-order valence-corrected chi connectivity index (χ0v) is 21.7. The van der Waals surface area contributed by atoms with Crippen molar-refractivity contribution >= 4 is 23.6 Å². The molecule has 0 aromatic carbocycles. The first-order chi connectivity index (χ1) is 17.6. The number of carbonyl (C=O) groups is 4. The summed E-state index contributed by atoms with van der Waals surface area (Å²) in [6.07, 6.45) is -8.60. The average molecular weight is 566 g/mol. The second kappa shape index (κ2) is 9.66. The van der Waals surface area contributed by atoms with E-state index in [4.69, 9.17) is 5.73 Å². The van der Waals surface area contributed by atoms with Gasteiger partial charge in [0.15, 0.2) is 0 Å². The van der Waals surface area contributed by atoms with Crippen LogP contribution >= 0.6 is 0 Å². The Hall–Kier alpha value is -3.39. The molecular formula is C24H29F6N5O4. The second-order valence-corrected chi connectivity index (χ2v) is 11.5. The molecule has 4 amide bonds. The van der Waals surface area contributed by atoms with Gasteiger partial charge >= 0.3 is 18.3 Å². The van der Waals surface area contributed by atoms with E-state index in [9.17, 15) is 45.5 Å². The Kier molecular flexibility index (Phi) is 7.47. The molecule has 0 radical (unpaired) electrons. The van der Waals surface area contributed by atoms with Crippen molar-refractivity contribution in [1.82, 2.24) is 20.5 Å². The van der Waals surface area contributed by atoms with Gasteiger partial charge in [0.05, 0.1) is 5.56 Å². The minimum atomic E-state index is -5.27. The Balaban J connectivity index is 1.96. The maximum atomic E-state index is 13.6. The van der Waals surface area contributed by atoms with Crippen LogP contribution in [0.1, 0.15) is 51.8 Å². The number of rotatable bonds is 6. The summed E-state index contributed by atoms with van der Waals surface area (Å²) in [7, 11) is 0. The number of primary amides is 1. The lowest BCUT2D eigenvalue weighted by atomic mass is 9.85. The fraction of sp³-hybridized carbons (Fsp3) is 0.625. The van der Waals surface area contributed by atoms with Crippen LogP contribution in [0.3, 0.4) is 0 Å². The molecule has 15 heteroatoms. The minimum absolute atomic E-state index is 0.0506. The first-order valence-corrected chi connectivity index (χ1v) is 11.9. The van der Waals surface area contributed by atoms with Gasteiger partial charge in [-0.1, -0.05) is 34.6 Å². The van der Waals surface area contributed by atoms with E-state index in [1.54, 1.807) is 19.2 Å². The predicted octanol–water partition coefficient (Wildman–Crippen LogP) is 2.32. The van der Waals surface area contributed by atoms with Crippen molar-refractivity contribution in [2.45, 2.75) is 65.1 Å². The Morgan fingerprint density at radius 3 is 2.15 bits per heavy atom. The summed E-state index contributed by atoms with van der Waals surface area (Å²) in [5, 5.41) is 3.89. The lowest BCUT2D eigenvalue weighted by Gasteiger charge is -2.38. The van der Waals surface area contributed by atoms with E-state index in [-0.39, 0.29) is 12.5 Å². The number of nitrogens with one attached hydrogen (secondary N) is 2. The fourth-order valence-electron chi connectivity index (χ4n) is 5.27. The number of nitrogens with two attached hydrogens (primary N) is 1. The molecule has 5 atom stereocenters. The molecule has 1 unspecified atom stereocenters. The number of hydrogen-bond acceptors (Lipinski definition) is 5. The van der Waals surface area contributed by atoms with E-state index in [2.05, 4.69) is 10.3 Å². The molecule has 1 saturated heterocycles. The lowest BCUT2D eigenvalue weighted by molar-refractivity contribution is -0.176. The topological polar surface area (TPSA) is 134 Å². The molecule has 0 bridgehead atoms. The van der Waals surface area contributed by atoms with Crippen LogP contribution in [-0.2, 0) is 25.4 Å². The molecule has 39 heavy (non-hydrogen) atoms. The van der Waals surface area contributed by atoms with Gasteiger partial charge in [0.1, 0.15) is 18.1 Å². The first kappa shape index (κ1) is 30.2. The zero-order valence-electron chi connectivity index (χ0n) is 21.7. The van der Waals surface area contributed by atoms with E-state index in [0.29, 0.717) is 6.07 Å². The van der Waals surface area contributed by atoms with Gasteiger partial charge in [0.2, 0.25) is 17.7 Å². The van der Waals surface area contributed by atoms with Crippen LogP contribution < -0.4 is 16.4 Å². The normalized spacial score (nSPS) is 23.9. The summed E-state index contributed by atoms with van der Waals surface area (Å²) in [6.45, 7) is 7.81. The molecule has 216 valence electrons. The van der Waals surface area contributed by atoms with Crippen LogP contribution in [0, 0.1) is 22.7 Å². The summed E-state index contributed by atoms with van der Waals surface area (Å²) in [5.74, 6) is -6.42. The Morgan fingerprint density at radius 2 is 1.67 bits per heavy atom. The number of carbonyl (C=O) groups excluding carboxylic acids is 4. The highest BCUT2D eigenvalue weighted by molar-refractivity contribution is 5.96. The van der Waals surface area contributed by atoms with E-state index in [1.807, 2.05) is 0 Å². The SMILES string of the molecule is CC(C)(C)[C@H](NC(=O)C(F)(F)F)C(=O)N1C[C@H]2[C@@H]([C@H]1C(=O)NC(C(N)=O)c1cnccc1C(F)(F)F)C2(C)C. The molecule has 4 N–H and O–H groups in total. The van der Waals surface area contributed by atoms with Crippen molar-refractivity contribution in [2.24, 2.45) is 28.4 Å². The third-order valence-electron chi connectivity index (χ3n) is 7.45. The highest BCUT2D eigenvalue weighted by Gasteiger charge is 2.70. The van der Waals surface area contributed by atoms with Crippen LogP contribution in [0.25, 0.3) is 0 Å². The van der Waals surface area contributed by atoms with Gasteiger partial charge in [-0.05, 0) is 28.7 Å². The van der Waals surface area contributed by atoms with Gasteiger partial charge in [-0.2, -0.15) is 26.3 Å². The summed E-state index contributed by atoms with van der Waals surface area (Å²) < 4.78 is 79.7. The van der Waals surface area contributed by atoms with E-state index < -0.39 is 82.0 Å². The van der Waals surface area contributed by atoms with Gasteiger partial charge in [-0.3, -0.25) is 24.2 Å². The van der Waals surface area contributed by atoms with Crippen LogP contribution in [-0.4, -0.2) is 58.3 Å². The average Bonchev–Trinajstić information content (AvgIpc) is 3.12. The van der Waals surface area contributed by atoms with Gasteiger partial charge in [0, 0.05) is 24.5 Å². The summed E-state index contributed by atoms with van der Waals surface area (Å²) in [5.41, 5.74) is 1.67. The van der Waals surface area contributed by atoms with E-state index in [1.165, 1.54) is 20.8 Å². The number of alkyl halides is 6. The standard InChI is InChI=1S/C24H29F6N5O4/c1-21(2,3)16(34-20(39)24(28,29)30)19(38)35-9-12-13(22(12,4)5)15(35)18(37)33-14(17(31)36)10-8-32-7-6-11(10)23(25,26)27/h6-8,12-16H,9H2,1-5H3,(H2,31,36)(H,33,37)(H,34,39)/t12-,13-,14?,15-,16+/m0/s1. The second-order valence-electron chi connectivity index (χ2n) is 11.5. The maximum Gasteiger partial charge on any atom is 0.471 e. The molecular weight excluding hydrogens is 536 g/mol. The zero-order chi connectivity index (χ0) is 29.9. The monoisotopic (exact) mass is 565 g/mol. The van der Waals surface area contributed by atoms with Crippen LogP contribution in [0.15, 0.2) is 18.5 Å². The molecule has 0 spiro atoms. The molecule has 1 aromatic heterocycles. The highest BCUT2D eigenvalue weighted by atomic mass is 19.4. The first-order valence-electron chi connectivity index (χ1n) is 11.9. The van der Waals surface area contributed by atoms with Gasteiger partial charge < -0.3 is 21.3 Å². The molecule has 2 aliphatic rings. The van der Waals surface area contributed by atoms with Crippen LogP contribution in [0.5, 0.6) is 0 Å². The number of halogens is 6. The molecule has 1 aromatic rings. The smallest absolute Gasteiger partial charge is 0.368 e. The molecule has 2 heterocycles. The fourth-order valence-corrected chi connectivity index (χ4v) is 5.27. The van der Waals surface area contributed by atoms with E-state index >= 15 is 0 Å². The number of piperidine rings is 1. The Morgan fingerprint density at radius 1 is 1.08 bits per heavy atom. The Labute approximate surface area is 219 Å². The third-order valence-corrected chi connectivity index (χ3v) is 7.45. The van der Waals surface area contributed by atoms with Gasteiger partial charge in [-0.25, -0.2) is 0 Å². The minimum Gasteiger partial charge on any atom is -0.368 e. The van der Waals surface area contributed by atoms with Crippen molar-refractivity contribution in [3.8, 4) is 0 Å². The Bertz CT molecular complexity index is 1180. The predicted molar refractivity (Wildman–Crippen MR) is 123 cm³/mol. The quantitative estimate of drug-likeness (QED) is 0.456. The van der Waals surface area contributed by atoms with Crippen molar-refractivity contribution in [3.63, 3.8) is 0 Å². The number of pyridine rings is 1. The molecule has 3 rings (SSSR count). The third kappa shape index (κ3) is 5.81. The number of nitrogens with zero attached hydrogens (tertiary/aromatic N) is 2. The molecule has 1 aliphatic carbocycles. The summed E-state index contributed by atoms with van der Waals surface area (Å²) in [6, 6.07) is -4.40. The van der Waals surface area contributed by atoms with Crippen molar-refractivity contribution in [3.05, 3.63) is 29.6 Å². The molecule has 1 saturated carbocycles. The molecule has 2 fully saturated rings. The number of likely N-dealkylation sites (tertiary alicyclic amines) is 1. The van der Waals surface area contributed by atoms with Gasteiger partial charge in [0.25, 0.3) is 0 Å². The molecule has 1 aliphatic heterocycles. The number of amides is 4. The van der Waals surface area contributed by atoms with E-state index in [0.717, 1.165) is 17.3 Å². The van der Waals surface area contributed by atoms with Crippen LogP contribution in [0.4, 0.5) is 26.3 Å². The largest absolute Gasteiger partial charge is 0.471 e. The molecule has 9 nitrogen and oxygen atoms in total. The van der Waals surface area contributed by atoms with Crippen molar-refractivity contribution in [1.29, 1.82) is 0 Å². The van der Waals surface area contributed by atoms with Gasteiger partial charge in [-0.15, -0.1) is 0 Å². The number of fused-ring (bicyclic) bond motifs is 1. The maximum absolute atomic E-state index is 13.6. The number of hydrogen-bond donors (Lipinski definition) is 3. The summed E-state index contributed by atoms with van der Waals surface area (Å²) >= 11 is 0.